The van der Waals surface area contributed by atoms with Crippen molar-refractivity contribution in [3.05, 3.63) is 83.4 Å². The van der Waals surface area contributed by atoms with Crippen molar-refractivity contribution in [3.63, 3.8) is 0 Å². The molecule has 3 aromatic rings. The average Bonchev–Trinajstić information content (AvgIpc) is 2.74. The Morgan fingerprint density at radius 1 is 1.00 bits per heavy atom. The summed E-state index contributed by atoms with van der Waals surface area (Å²) in [5.41, 5.74) is 4.41. The van der Waals surface area contributed by atoms with Crippen molar-refractivity contribution >= 4 is 5.91 Å². The van der Waals surface area contributed by atoms with Crippen LogP contribution in [0.25, 0.3) is 11.1 Å². The first-order valence-corrected chi connectivity index (χ1v) is 9.54. The fourth-order valence-corrected chi connectivity index (χ4v) is 3.22. The third-order valence-electron chi connectivity index (χ3n) is 4.64. The van der Waals surface area contributed by atoms with E-state index in [-0.39, 0.29) is 17.4 Å². The SMILES string of the molecule is COc1cc(CCNC(=O)c2ccccc2-c2cccc(C)c2)ccc1OC(F)F. The highest BCUT2D eigenvalue weighted by molar-refractivity contribution is 6.00. The molecule has 4 nitrogen and oxygen atoms in total. The quantitative estimate of drug-likeness (QED) is 0.551. The summed E-state index contributed by atoms with van der Waals surface area (Å²) in [5, 5.41) is 2.93. The summed E-state index contributed by atoms with van der Waals surface area (Å²) in [5.74, 6) is 0.0352. The molecule has 1 amide bonds. The largest absolute Gasteiger partial charge is 0.493 e. The Bertz CT molecular complexity index is 1020. The van der Waals surface area contributed by atoms with E-state index in [1.165, 1.54) is 13.2 Å². The Morgan fingerprint density at radius 2 is 1.80 bits per heavy atom. The van der Waals surface area contributed by atoms with Crippen LogP contribution >= 0.6 is 0 Å². The standard InChI is InChI=1S/C24H23F2NO3/c1-16-6-5-7-18(14-16)19-8-3-4-9-20(19)23(28)27-13-12-17-10-11-21(30-24(25)26)22(15-17)29-2/h3-11,14-15,24H,12-13H2,1-2H3,(H,27,28). The molecule has 0 aliphatic heterocycles. The first-order chi connectivity index (χ1) is 14.5. The molecule has 0 bridgehead atoms. The zero-order valence-corrected chi connectivity index (χ0v) is 16.8. The normalized spacial score (nSPS) is 10.7. The molecule has 0 aromatic heterocycles. The van der Waals surface area contributed by atoms with Crippen LogP contribution in [0.3, 0.4) is 0 Å². The Balaban J connectivity index is 1.67. The van der Waals surface area contributed by atoms with Crippen molar-refractivity contribution in [2.45, 2.75) is 20.0 Å². The van der Waals surface area contributed by atoms with E-state index in [1.54, 1.807) is 18.2 Å². The van der Waals surface area contributed by atoms with Crippen LogP contribution in [0.15, 0.2) is 66.7 Å². The minimum atomic E-state index is -2.92. The first-order valence-electron chi connectivity index (χ1n) is 9.54. The number of rotatable bonds is 8. The number of nitrogens with one attached hydrogen (secondary N) is 1. The van der Waals surface area contributed by atoms with Gasteiger partial charge >= 0.3 is 6.61 Å². The van der Waals surface area contributed by atoms with Gasteiger partial charge in [0.05, 0.1) is 7.11 Å². The van der Waals surface area contributed by atoms with Gasteiger partial charge < -0.3 is 14.8 Å². The van der Waals surface area contributed by atoms with E-state index in [0.717, 1.165) is 22.3 Å². The second-order valence-electron chi connectivity index (χ2n) is 6.78. The highest BCUT2D eigenvalue weighted by atomic mass is 19.3. The number of hydrogen-bond donors (Lipinski definition) is 1. The molecule has 0 spiro atoms. The van der Waals surface area contributed by atoms with Crippen molar-refractivity contribution in [1.82, 2.24) is 5.32 Å². The van der Waals surface area contributed by atoms with E-state index in [9.17, 15) is 13.6 Å². The maximum absolute atomic E-state index is 12.8. The fourth-order valence-electron chi connectivity index (χ4n) is 3.22. The number of hydrogen-bond acceptors (Lipinski definition) is 3. The topological polar surface area (TPSA) is 47.6 Å². The van der Waals surface area contributed by atoms with Gasteiger partial charge in [-0.05, 0) is 48.2 Å². The molecule has 156 valence electrons. The third kappa shape index (κ3) is 5.35. The molecule has 0 heterocycles. The first kappa shape index (κ1) is 21.3. The molecule has 0 saturated carbocycles. The number of aryl methyl sites for hydroxylation is 1. The molecular weight excluding hydrogens is 388 g/mol. The van der Waals surface area contributed by atoms with Crippen molar-refractivity contribution in [1.29, 1.82) is 0 Å². The number of ether oxygens (including phenoxy) is 2. The highest BCUT2D eigenvalue weighted by Crippen LogP contribution is 2.29. The molecule has 0 aliphatic carbocycles. The van der Waals surface area contributed by atoms with Crippen LogP contribution in [-0.2, 0) is 6.42 Å². The lowest BCUT2D eigenvalue weighted by molar-refractivity contribution is -0.0512. The second-order valence-corrected chi connectivity index (χ2v) is 6.78. The Hall–Kier alpha value is -3.41. The lowest BCUT2D eigenvalue weighted by Crippen LogP contribution is -2.26. The van der Waals surface area contributed by atoms with Crippen LogP contribution in [0.4, 0.5) is 8.78 Å². The van der Waals surface area contributed by atoms with Gasteiger partial charge in [-0.1, -0.05) is 54.1 Å². The van der Waals surface area contributed by atoms with Gasteiger partial charge in [-0.25, -0.2) is 0 Å². The summed E-state index contributed by atoms with van der Waals surface area (Å²) in [6, 6.07) is 20.2. The van der Waals surface area contributed by atoms with Gasteiger partial charge in [-0.15, -0.1) is 0 Å². The summed E-state index contributed by atoms with van der Waals surface area (Å²) in [6.45, 7) is -0.519. The molecule has 0 unspecified atom stereocenters. The zero-order valence-electron chi connectivity index (χ0n) is 16.8. The number of amides is 1. The number of halogens is 2. The number of alkyl halides is 2. The maximum Gasteiger partial charge on any atom is 0.387 e. The van der Waals surface area contributed by atoms with Crippen molar-refractivity contribution in [3.8, 4) is 22.6 Å². The lowest BCUT2D eigenvalue weighted by atomic mass is 9.98. The molecule has 6 heteroatoms. The van der Waals surface area contributed by atoms with E-state index >= 15 is 0 Å². The van der Waals surface area contributed by atoms with Gasteiger partial charge in [0.15, 0.2) is 11.5 Å². The van der Waals surface area contributed by atoms with Crippen LogP contribution in [-0.4, -0.2) is 26.2 Å². The average molecular weight is 411 g/mol. The Morgan fingerprint density at radius 3 is 2.53 bits per heavy atom. The van der Waals surface area contributed by atoms with Crippen LogP contribution in [0.2, 0.25) is 0 Å². The number of benzene rings is 3. The summed E-state index contributed by atoms with van der Waals surface area (Å²) >= 11 is 0. The van der Waals surface area contributed by atoms with E-state index in [1.807, 2.05) is 49.4 Å². The molecule has 0 radical (unpaired) electrons. The van der Waals surface area contributed by atoms with Crippen LogP contribution < -0.4 is 14.8 Å². The lowest BCUT2D eigenvalue weighted by Gasteiger charge is -2.13. The smallest absolute Gasteiger partial charge is 0.387 e. The third-order valence-corrected chi connectivity index (χ3v) is 4.64. The summed E-state index contributed by atoms with van der Waals surface area (Å²) < 4.78 is 34.4. The number of methoxy groups -OCH3 is 1. The minimum absolute atomic E-state index is 0.0210. The van der Waals surface area contributed by atoms with Crippen LogP contribution in [0.5, 0.6) is 11.5 Å². The fraction of sp³-hybridized carbons (Fsp3) is 0.208. The summed E-state index contributed by atoms with van der Waals surface area (Å²) in [7, 11) is 1.39. The molecule has 0 saturated heterocycles. The summed E-state index contributed by atoms with van der Waals surface area (Å²) in [6.07, 6.45) is 0.518. The second kappa shape index (κ2) is 9.87. The zero-order chi connectivity index (χ0) is 21.5. The van der Waals surface area contributed by atoms with Gasteiger partial charge in [0.25, 0.3) is 5.91 Å². The molecule has 1 N–H and O–H groups in total. The monoisotopic (exact) mass is 411 g/mol. The van der Waals surface area contributed by atoms with Gasteiger partial charge in [0.2, 0.25) is 0 Å². The maximum atomic E-state index is 12.8. The highest BCUT2D eigenvalue weighted by Gasteiger charge is 2.13. The van der Waals surface area contributed by atoms with Crippen LogP contribution in [0.1, 0.15) is 21.5 Å². The number of carbonyl (C=O) groups excluding carboxylic acids is 1. The molecule has 0 fully saturated rings. The molecule has 0 aliphatic rings. The molecule has 30 heavy (non-hydrogen) atoms. The van der Waals surface area contributed by atoms with Crippen LogP contribution in [0, 0.1) is 6.92 Å². The Kier molecular flexibility index (Phi) is 7.01. The predicted octanol–water partition coefficient (Wildman–Crippen LogP) is 5.24. The van der Waals surface area contributed by atoms with Gasteiger partial charge in [-0.3, -0.25) is 4.79 Å². The van der Waals surface area contributed by atoms with Crippen molar-refractivity contribution < 1.29 is 23.0 Å². The van der Waals surface area contributed by atoms with Crippen molar-refractivity contribution in [2.75, 3.05) is 13.7 Å². The van der Waals surface area contributed by atoms with E-state index in [4.69, 9.17) is 4.74 Å². The van der Waals surface area contributed by atoms with Gasteiger partial charge in [0.1, 0.15) is 0 Å². The predicted molar refractivity (Wildman–Crippen MR) is 112 cm³/mol. The van der Waals surface area contributed by atoms with Crippen molar-refractivity contribution in [2.24, 2.45) is 0 Å². The summed E-state index contributed by atoms with van der Waals surface area (Å²) in [4.78, 5) is 12.8. The van der Waals surface area contributed by atoms with E-state index < -0.39 is 6.61 Å². The molecule has 0 atom stereocenters. The van der Waals surface area contributed by atoms with Gasteiger partial charge in [0, 0.05) is 12.1 Å². The van der Waals surface area contributed by atoms with E-state index in [0.29, 0.717) is 18.5 Å². The Labute approximate surface area is 174 Å². The number of carbonyl (C=O) groups is 1. The van der Waals surface area contributed by atoms with Gasteiger partial charge in [-0.2, -0.15) is 8.78 Å². The minimum Gasteiger partial charge on any atom is -0.493 e. The molecular formula is C24H23F2NO3. The molecule has 3 rings (SSSR count). The van der Waals surface area contributed by atoms with E-state index in [2.05, 4.69) is 10.1 Å². The molecule has 3 aromatic carbocycles.